The zero-order valence-electron chi connectivity index (χ0n) is 11.1. The van der Waals surface area contributed by atoms with Gasteiger partial charge in [0.1, 0.15) is 0 Å². The van der Waals surface area contributed by atoms with Gasteiger partial charge in [-0.3, -0.25) is 24.6 Å². The number of nitro benzene ring substituents is 1. The van der Waals surface area contributed by atoms with E-state index in [1.807, 2.05) is 0 Å². The second-order valence-electron chi connectivity index (χ2n) is 4.95. The first-order chi connectivity index (χ1) is 10.00. The van der Waals surface area contributed by atoms with Gasteiger partial charge < -0.3 is 19.6 Å². The van der Waals surface area contributed by atoms with Gasteiger partial charge in [0.05, 0.1) is 4.92 Å². The number of aryl methyl sites for hydroxylation is 1. The standard InChI is InChI=1S/C10H14N2O8P2/c13-12(14)7-2-3-8-6(5-7)1-4-9(8)11-10(21(15,16)17)22(18,19)20/h2-3,5,9-11H,1,4H2,(H2,15,16,17)(H2,18,19,20). The number of nitrogens with one attached hydrogen (secondary N) is 1. The zero-order valence-corrected chi connectivity index (χ0v) is 12.9. The average Bonchev–Trinajstić information content (AvgIpc) is 2.75. The normalized spacial score (nSPS) is 18.5. The summed E-state index contributed by atoms with van der Waals surface area (Å²) in [7, 11) is -10.1. The Labute approximate surface area is 124 Å². The Morgan fingerprint density at radius 3 is 2.32 bits per heavy atom. The fourth-order valence-electron chi connectivity index (χ4n) is 2.46. The van der Waals surface area contributed by atoms with Crippen LogP contribution in [0.1, 0.15) is 23.6 Å². The van der Waals surface area contributed by atoms with Crippen LogP contribution in [0.15, 0.2) is 18.2 Å². The summed E-state index contributed by atoms with van der Waals surface area (Å²) in [6.45, 7) is 0. The van der Waals surface area contributed by atoms with E-state index in [-0.39, 0.29) is 5.69 Å². The highest BCUT2D eigenvalue weighted by atomic mass is 31.2. The van der Waals surface area contributed by atoms with E-state index in [4.69, 9.17) is 19.6 Å². The monoisotopic (exact) mass is 352 g/mol. The number of fused-ring (bicyclic) bond motifs is 1. The number of hydrogen-bond acceptors (Lipinski definition) is 5. The minimum Gasteiger partial charge on any atom is -0.323 e. The van der Waals surface area contributed by atoms with Gasteiger partial charge >= 0.3 is 15.2 Å². The Hall–Kier alpha value is -1.12. The van der Waals surface area contributed by atoms with Gasteiger partial charge in [-0.05, 0) is 24.0 Å². The lowest BCUT2D eigenvalue weighted by Gasteiger charge is -2.24. The predicted molar refractivity (Wildman–Crippen MR) is 75.2 cm³/mol. The molecule has 1 aromatic rings. The smallest absolute Gasteiger partial charge is 0.323 e. The van der Waals surface area contributed by atoms with Crippen LogP contribution < -0.4 is 5.32 Å². The van der Waals surface area contributed by atoms with E-state index in [1.54, 1.807) is 0 Å². The summed E-state index contributed by atoms with van der Waals surface area (Å²) in [5, 5.41) is 13.0. The van der Waals surface area contributed by atoms with Crippen molar-refractivity contribution in [1.82, 2.24) is 5.32 Å². The number of rotatable bonds is 5. The third-order valence-corrected chi connectivity index (χ3v) is 6.78. The van der Waals surface area contributed by atoms with E-state index in [2.05, 4.69) is 5.32 Å². The first-order valence-corrected chi connectivity index (χ1v) is 9.50. The minimum atomic E-state index is -5.07. The third kappa shape index (κ3) is 3.61. The molecule has 0 radical (unpaired) electrons. The van der Waals surface area contributed by atoms with Crippen LogP contribution in [0.3, 0.4) is 0 Å². The largest absolute Gasteiger partial charge is 0.354 e. The Morgan fingerprint density at radius 2 is 1.82 bits per heavy atom. The molecule has 0 aliphatic heterocycles. The van der Waals surface area contributed by atoms with Crippen LogP contribution in [-0.2, 0) is 15.6 Å². The van der Waals surface area contributed by atoms with Gasteiger partial charge in [-0.15, -0.1) is 0 Å². The maximum Gasteiger partial charge on any atom is 0.354 e. The second-order valence-corrected chi connectivity index (χ2v) is 8.75. The molecule has 0 heterocycles. The fourth-order valence-corrected chi connectivity index (χ4v) is 4.78. The molecular weight excluding hydrogens is 338 g/mol. The highest BCUT2D eigenvalue weighted by Gasteiger charge is 2.45. The number of benzene rings is 1. The van der Waals surface area contributed by atoms with Crippen LogP contribution in [-0.4, -0.2) is 30.0 Å². The van der Waals surface area contributed by atoms with Gasteiger partial charge in [-0.2, -0.15) is 0 Å². The molecular formula is C10H14N2O8P2. The first kappa shape index (κ1) is 17.2. The number of nitro groups is 1. The lowest BCUT2D eigenvalue weighted by molar-refractivity contribution is -0.384. The molecule has 122 valence electrons. The van der Waals surface area contributed by atoms with Crippen molar-refractivity contribution < 1.29 is 33.6 Å². The van der Waals surface area contributed by atoms with Crippen LogP contribution in [0.2, 0.25) is 0 Å². The average molecular weight is 352 g/mol. The Morgan fingerprint density at radius 1 is 1.23 bits per heavy atom. The Bertz CT molecular complexity index is 674. The number of non-ortho nitro benzene ring substituents is 1. The molecule has 0 spiro atoms. The molecule has 2 rings (SSSR count). The van der Waals surface area contributed by atoms with Crippen molar-refractivity contribution >= 4 is 20.9 Å². The molecule has 12 heteroatoms. The molecule has 1 aliphatic rings. The maximum absolute atomic E-state index is 11.3. The molecule has 1 aliphatic carbocycles. The van der Waals surface area contributed by atoms with Gasteiger partial charge in [0.25, 0.3) is 5.69 Å². The van der Waals surface area contributed by atoms with Crippen LogP contribution in [0.4, 0.5) is 5.69 Å². The molecule has 1 unspecified atom stereocenters. The van der Waals surface area contributed by atoms with E-state index in [0.717, 1.165) is 0 Å². The summed E-state index contributed by atoms with van der Waals surface area (Å²) in [4.78, 5) is 46.6. The van der Waals surface area contributed by atoms with Gasteiger partial charge in [0, 0.05) is 18.2 Å². The van der Waals surface area contributed by atoms with Gasteiger partial charge in [0.15, 0.2) is 0 Å². The molecule has 1 aromatic carbocycles. The summed E-state index contributed by atoms with van der Waals surface area (Å²) in [5.74, 6) is 0. The molecule has 0 amide bonds. The summed E-state index contributed by atoms with van der Waals surface area (Å²) in [6, 6.07) is 3.32. The highest BCUT2D eigenvalue weighted by molar-refractivity contribution is 7.70. The summed E-state index contributed by atoms with van der Waals surface area (Å²) >= 11 is 0. The fraction of sp³-hybridized carbons (Fsp3) is 0.400. The quantitative estimate of drug-likeness (QED) is 0.292. The SMILES string of the molecule is O=[N+]([O-])c1ccc2c(c1)CCC2NC(P(=O)(O)O)P(=O)(O)O. The van der Waals surface area contributed by atoms with Crippen LogP contribution in [0, 0.1) is 10.1 Å². The summed E-state index contributed by atoms with van der Waals surface area (Å²) in [5.41, 5.74) is -1.26. The Balaban J connectivity index is 2.29. The van der Waals surface area contributed by atoms with Crippen molar-refractivity contribution in [2.75, 3.05) is 0 Å². The Kier molecular flexibility index (Phi) is 4.56. The number of hydrogen-bond donors (Lipinski definition) is 5. The molecule has 10 nitrogen and oxygen atoms in total. The molecule has 0 saturated carbocycles. The maximum atomic E-state index is 11.3. The van der Waals surface area contributed by atoms with E-state index < -0.39 is 31.7 Å². The molecule has 1 atom stereocenters. The van der Waals surface area contributed by atoms with Crippen molar-refractivity contribution in [3.05, 3.63) is 39.4 Å². The van der Waals surface area contributed by atoms with Gasteiger partial charge in [-0.25, -0.2) is 0 Å². The zero-order chi connectivity index (χ0) is 16.7. The summed E-state index contributed by atoms with van der Waals surface area (Å²) < 4.78 is 22.5. The lowest BCUT2D eigenvalue weighted by atomic mass is 10.1. The molecule has 5 N–H and O–H groups in total. The second kappa shape index (κ2) is 5.82. The van der Waals surface area contributed by atoms with Crippen LogP contribution >= 0.6 is 15.2 Å². The first-order valence-electron chi connectivity index (χ1n) is 6.14. The van der Waals surface area contributed by atoms with Crippen molar-refractivity contribution in [2.24, 2.45) is 0 Å². The van der Waals surface area contributed by atoms with Crippen molar-refractivity contribution in [1.29, 1.82) is 0 Å². The molecule has 22 heavy (non-hydrogen) atoms. The predicted octanol–water partition coefficient (Wildman–Crippen LogP) is 0.811. The molecule has 0 saturated heterocycles. The van der Waals surface area contributed by atoms with Crippen molar-refractivity contribution in [3.63, 3.8) is 0 Å². The summed E-state index contributed by atoms with van der Waals surface area (Å²) in [6.07, 6.45) is 0.733. The lowest BCUT2D eigenvalue weighted by Crippen LogP contribution is -2.31. The van der Waals surface area contributed by atoms with Crippen LogP contribution in [0.25, 0.3) is 0 Å². The minimum absolute atomic E-state index is 0.110. The molecule has 0 bridgehead atoms. The van der Waals surface area contributed by atoms with Crippen LogP contribution in [0.5, 0.6) is 0 Å². The highest BCUT2D eigenvalue weighted by Crippen LogP contribution is 2.59. The van der Waals surface area contributed by atoms with E-state index in [0.29, 0.717) is 24.0 Å². The van der Waals surface area contributed by atoms with Crippen molar-refractivity contribution in [3.8, 4) is 0 Å². The number of nitrogens with zero attached hydrogens (tertiary/aromatic N) is 1. The topological polar surface area (TPSA) is 170 Å². The van der Waals surface area contributed by atoms with Crippen molar-refractivity contribution in [2.45, 2.75) is 24.4 Å². The van der Waals surface area contributed by atoms with E-state index in [1.165, 1.54) is 18.2 Å². The van der Waals surface area contributed by atoms with Gasteiger partial charge in [0.2, 0.25) is 5.52 Å². The molecule has 0 fully saturated rings. The molecule has 0 aromatic heterocycles. The van der Waals surface area contributed by atoms with E-state index >= 15 is 0 Å². The van der Waals surface area contributed by atoms with Gasteiger partial charge in [-0.1, -0.05) is 6.07 Å². The third-order valence-electron chi connectivity index (χ3n) is 3.40. The van der Waals surface area contributed by atoms with E-state index in [9.17, 15) is 19.2 Å².